The third kappa shape index (κ3) is 3.85. The van der Waals surface area contributed by atoms with Crippen molar-refractivity contribution >= 4 is 5.91 Å². The van der Waals surface area contributed by atoms with Gasteiger partial charge in [-0.3, -0.25) is 4.79 Å². The number of methoxy groups -OCH3 is 1. The summed E-state index contributed by atoms with van der Waals surface area (Å²) in [5.74, 6) is 1.50. The van der Waals surface area contributed by atoms with Gasteiger partial charge in [-0.05, 0) is 37.5 Å². The highest BCUT2D eigenvalue weighted by atomic mass is 16.5. The Labute approximate surface area is 155 Å². The first-order chi connectivity index (χ1) is 12.7. The zero-order chi connectivity index (χ0) is 18.4. The van der Waals surface area contributed by atoms with Gasteiger partial charge in [-0.2, -0.15) is 0 Å². The molecule has 1 unspecified atom stereocenters. The summed E-state index contributed by atoms with van der Waals surface area (Å²) in [5, 5.41) is 3.16. The molecule has 1 fully saturated rings. The fourth-order valence-electron chi connectivity index (χ4n) is 3.74. The number of para-hydroxylation sites is 2. The first kappa shape index (κ1) is 18.3. The summed E-state index contributed by atoms with van der Waals surface area (Å²) in [6.45, 7) is 2.37. The molecule has 0 radical (unpaired) electrons. The number of benzene rings is 2. The molecule has 2 aromatic rings. The minimum Gasteiger partial charge on any atom is -0.493 e. The molecule has 138 valence electrons. The van der Waals surface area contributed by atoms with Gasteiger partial charge in [-0.25, -0.2) is 0 Å². The summed E-state index contributed by atoms with van der Waals surface area (Å²) in [6.07, 6.45) is 3.99. The van der Waals surface area contributed by atoms with E-state index in [2.05, 4.69) is 17.4 Å². The molecule has 1 saturated carbocycles. The van der Waals surface area contributed by atoms with E-state index in [1.165, 1.54) is 0 Å². The van der Waals surface area contributed by atoms with Gasteiger partial charge >= 0.3 is 0 Å². The lowest BCUT2D eigenvalue weighted by atomic mass is 9.78. The fourth-order valence-corrected chi connectivity index (χ4v) is 3.74. The molecule has 0 aromatic heterocycles. The summed E-state index contributed by atoms with van der Waals surface area (Å²) in [7, 11) is 1.62. The van der Waals surface area contributed by atoms with Crippen molar-refractivity contribution in [1.29, 1.82) is 0 Å². The smallest absolute Gasteiger partial charge is 0.230 e. The molecule has 3 rings (SSSR count). The predicted octanol–water partition coefficient (Wildman–Crippen LogP) is 4.09. The van der Waals surface area contributed by atoms with Gasteiger partial charge in [0.25, 0.3) is 0 Å². The lowest BCUT2D eigenvalue weighted by Gasteiger charge is -2.30. The zero-order valence-electron chi connectivity index (χ0n) is 15.5. The van der Waals surface area contributed by atoms with Crippen LogP contribution in [0.5, 0.6) is 11.5 Å². The summed E-state index contributed by atoms with van der Waals surface area (Å²) < 4.78 is 11.2. The van der Waals surface area contributed by atoms with Crippen LogP contribution in [0.4, 0.5) is 0 Å². The van der Waals surface area contributed by atoms with Crippen molar-refractivity contribution in [3.05, 3.63) is 60.2 Å². The van der Waals surface area contributed by atoms with E-state index in [1.807, 2.05) is 49.4 Å². The Morgan fingerprint density at radius 3 is 2.31 bits per heavy atom. The minimum absolute atomic E-state index is 0.0893. The highest BCUT2D eigenvalue weighted by molar-refractivity contribution is 5.88. The van der Waals surface area contributed by atoms with E-state index < -0.39 is 5.41 Å². The first-order valence-corrected chi connectivity index (χ1v) is 9.28. The normalized spacial score (nSPS) is 16.7. The Bertz CT molecular complexity index is 723. The topological polar surface area (TPSA) is 47.6 Å². The van der Waals surface area contributed by atoms with Crippen molar-refractivity contribution in [1.82, 2.24) is 5.32 Å². The number of carbonyl (C=O) groups is 1. The second-order valence-corrected chi connectivity index (χ2v) is 6.99. The van der Waals surface area contributed by atoms with Crippen molar-refractivity contribution in [3.63, 3.8) is 0 Å². The molecule has 0 heterocycles. The molecule has 2 aromatic carbocycles. The average Bonchev–Trinajstić information content (AvgIpc) is 3.18. The van der Waals surface area contributed by atoms with E-state index in [0.717, 1.165) is 31.2 Å². The Morgan fingerprint density at radius 2 is 1.65 bits per heavy atom. The number of hydrogen-bond donors (Lipinski definition) is 1. The van der Waals surface area contributed by atoms with Gasteiger partial charge in [-0.1, -0.05) is 55.3 Å². The Balaban J connectivity index is 1.64. The molecule has 1 aliphatic rings. The monoisotopic (exact) mass is 353 g/mol. The van der Waals surface area contributed by atoms with E-state index in [4.69, 9.17) is 9.47 Å². The standard InChI is InChI=1S/C22H27NO3/c1-17(16-26-20-13-7-6-12-19(20)25-2)23-21(24)22(14-8-9-15-22)18-10-4-3-5-11-18/h3-7,10-13,17H,8-9,14-16H2,1-2H3,(H,23,24). The molecular formula is C22H27NO3. The van der Waals surface area contributed by atoms with Gasteiger partial charge in [0.1, 0.15) is 6.61 Å². The number of nitrogens with one attached hydrogen (secondary N) is 1. The first-order valence-electron chi connectivity index (χ1n) is 9.28. The lowest BCUT2D eigenvalue weighted by Crippen LogP contribution is -2.47. The molecule has 0 aliphatic heterocycles. The van der Waals surface area contributed by atoms with Crippen LogP contribution in [-0.2, 0) is 10.2 Å². The number of ether oxygens (including phenoxy) is 2. The Hall–Kier alpha value is -2.49. The largest absolute Gasteiger partial charge is 0.493 e. The van der Waals surface area contributed by atoms with E-state index in [0.29, 0.717) is 18.1 Å². The SMILES string of the molecule is COc1ccccc1OCC(C)NC(=O)C1(c2ccccc2)CCCC1. The predicted molar refractivity (Wildman–Crippen MR) is 103 cm³/mol. The molecule has 4 nitrogen and oxygen atoms in total. The van der Waals surface area contributed by atoms with Gasteiger partial charge in [0.2, 0.25) is 5.91 Å². The molecule has 0 saturated heterocycles. The van der Waals surface area contributed by atoms with Gasteiger partial charge in [0, 0.05) is 0 Å². The van der Waals surface area contributed by atoms with Crippen molar-refractivity contribution in [2.45, 2.75) is 44.1 Å². The van der Waals surface area contributed by atoms with Crippen LogP contribution in [0.15, 0.2) is 54.6 Å². The van der Waals surface area contributed by atoms with Gasteiger partial charge in [-0.15, -0.1) is 0 Å². The van der Waals surface area contributed by atoms with Crippen molar-refractivity contribution < 1.29 is 14.3 Å². The van der Waals surface area contributed by atoms with Crippen molar-refractivity contribution in [2.24, 2.45) is 0 Å². The van der Waals surface area contributed by atoms with Crippen LogP contribution >= 0.6 is 0 Å². The maximum Gasteiger partial charge on any atom is 0.230 e. The maximum atomic E-state index is 13.1. The zero-order valence-corrected chi connectivity index (χ0v) is 15.5. The Morgan fingerprint density at radius 1 is 1.04 bits per heavy atom. The quantitative estimate of drug-likeness (QED) is 0.815. The van der Waals surface area contributed by atoms with Crippen LogP contribution in [0.25, 0.3) is 0 Å². The molecule has 26 heavy (non-hydrogen) atoms. The van der Waals surface area contributed by atoms with Crippen LogP contribution in [-0.4, -0.2) is 25.7 Å². The number of rotatable bonds is 7. The average molecular weight is 353 g/mol. The summed E-state index contributed by atoms with van der Waals surface area (Å²) in [5.41, 5.74) is 0.716. The Kier molecular flexibility index (Phi) is 5.82. The fraction of sp³-hybridized carbons (Fsp3) is 0.409. The minimum atomic E-state index is -0.403. The molecule has 1 atom stereocenters. The summed E-state index contributed by atoms with van der Waals surface area (Å²) >= 11 is 0. The molecule has 0 spiro atoms. The van der Waals surface area contributed by atoms with E-state index >= 15 is 0 Å². The molecular weight excluding hydrogens is 326 g/mol. The highest BCUT2D eigenvalue weighted by Crippen LogP contribution is 2.41. The number of carbonyl (C=O) groups excluding carboxylic acids is 1. The third-order valence-corrected chi connectivity index (χ3v) is 5.15. The molecule has 1 aliphatic carbocycles. The van der Waals surface area contributed by atoms with E-state index in [-0.39, 0.29) is 11.9 Å². The molecule has 4 heteroatoms. The number of hydrogen-bond acceptors (Lipinski definition) is 3. The van der Waals surface area contributed by atoms with Gasteiger partial charge < -0.3 is 14.8 Å². The van der Waals surface area contributed by atoms with E-state index in [1.54, 1.807) is 7.11 Å². The van der Waals surface area contributed by atoms with Crippen LogP contribution < -0.4 is 14.8 Å². The van der Waals surface area contributed by atoms with Crippen LogP contribution in [0, 0.1) is 0 Å². The van der Waals surface area contributed by atoms with Crippen LogP contribution in [0.2, 0.25) is 0 Å². The molecule has 1 N–H and O–H groups in total. The van der Waals surface area contributed by atoms with Crippen molar-refractivity contribution in [2.75, 3.05) is 13.7 Å². The lowest BCUT2D eigenvalue weighted by molar-refractivity contribution is -0.127. The maximum absolute atomic E-state index is 13.1. The number of amides is 1. The molecule has 0 bridgehead atoms. The van der Waals surface area contributed by atoms with Crippen molar-refractivity contribution in [3.8, 4) is 11.5 Å². The summed E-state index contributed by atoms with van der Waals surface area (Å²) in [6, 6.07) is 17.6. The molecule has 1 amide bonds. The summed E-state index contributed by atoms with van der Waals surface area (Å²) in [4.78, 5) is 13.1. The second-order valence-electron chi connectivity index (χ2n) is 6.99. The van der Waals surface area contributed by atoms with Gasteiger partial charge in [0.05, 0.1) is 18.6 Å². The highest BCUT2D eigenvalue weighted by Gasteiger charge is 2.42. The third-order valence-electron chi connectivity index (χ3n) is 5.15. The van der Waals surface area contributed by atoms with Gasteiger partial charge in [0.15, 0.2) is 11.5 Å². The van der Waals surface area contributed by atoms with E-state index in [9.17, 15) is 4.79 Å². The van der Waals surface area contributed by atoms with Crippen LogP contribution in [0.3, 0.4) is 0 Å². The second kappa shape index (κ2) is 8.26. The van der Waals surface area contributed by atoms with Crippen LogP contribution in [0.1, 0.15) is 38.2 Å².